The van der Waals surface area contributed by atoms with Crippen LogP contribution in [0.1, 0.15) is 70.9 Å². The summed E-state index contributed by atoms with van der Waals surface area (Å²) in [4.78, 5) is 79.9. The summed E-state index contributed by atoms with van der Waals surface area (Å²) >= 11 is 0. The lowest BCUT2D eigenvalue weighted by Gasteiger charge is -2.30. The lowest BCUT2D eigenvalue weighted by molar-refractivity contribution is -0.140. The van der Waals surface area contributed by atoms with E-state index >= 15 is 0 Å². The Balaban J connectivity index is 1.22. The molecule has 0 unspecified atom stereocenters. The van der Waals surface area contributed by atoms with E-state index in [0.717, 1.165) is 35.0 Å². The summed E-state index contributed by atoms with van der Waals surface area (Å²) in [5.74, 6) is -0.355. The van der Waals surface area contributed by atoms with Gasteiger partial charge in [-0.15, -0.1) is 0 Å². The van der Waals surface area contributed by atoms with Crippen molar-refractivity contribution in [2.45, 2.75) is 84.1 Å². The molecule has 5 rings (SSSR count). The molecule has 0 bridgehead atoms. The maximum absolute atomic E-state index is 13.5. The van der Waals surface area contributed by atoms with Gasteiger partial charge in [0.2, 0.25) is 17.7 Å². The van der Waals surface area contributed by atoms with Gasteiger partial charge in [0.25, 0.3) is 0 Å². The van der Waals surface area contributed by atoms with Crippen LogP contribution in [0.3, 0.4) is 0 Å². The molecule has 4 atom stereocenters. The number of nitrogens with one attached hydrogen (secondary N) is 4. The van der Waals surface area contributed by atoms with Crippen molar-refractivity contribution >= 4 is 40.9 Å². The Kier molecular flexibility index (Phi) is 11.8. The van der Waals surface area contributed by atoms with Crippen LogP contribution in [0, 0.1) is 11.8 Å². The van der Waals surface area contributed by atoms with Crippen LogP contribution in [0.25, 0.3) is 22.2 Å². The van der Waals surface area contributed by atoms with Gasteiger partial charge < -0.3 is 40.2 Å². The largest absolute Gasteiger partial charge is 0.453 e. The molecule has 3 aromatic rings. The molecule has 2 saturated heterocycles. The number of carbonyl (C=O) groups excluding carboxylic acids is 5. The first-order valence-electron chi connectivity index (χ1n) is 17.4. The number of benzene rings is 1. The van der Waals surface area contributed by atoms with Gasteiger partial charge in [0.05, 0.1) is 43.5 Å². The maximum atomic E-state index is 13.5. The van der Waals surface area contributed by atoms with Gasteiger partial charge in [-0.25, -0.2) is 14.6 Å². The molecule has 0 aliphatic carbocycles. The number of methoxy groups -OCH3 is 2. The third-order valence-electron chi connectivity index (χ3n) is 9.57. The van der Waals surface area contributed by atoms with Crippen molar-refractivity contribution < 1.29 is 33.4 Å². The highest BCUT2D eigenvalue weighted by atomic mass is 16.5. The molecule has 4 N–H and O–H groups in total. The molecule has 0 radical (unpaired) electrons. The van der Waals surface area contributed by atoms with Gasteiger partial charge in [-0.1, -0.05) is 39.8 Å². The predicted octanol–water partition coefficient (Wildman–Crippen LogP) is 3.66. The summed E-state index contributed by atoms with van der Waals surface area (Å²) < 4.78 is 9.42. The molecule has 1 aromatic carbocycles. The minimum Gasteiger partial charge on any atom is -0.453 e. The SMILES string of the molecule is COC(=O)N[C@H](C(=O)N1CCC[C@H]1C(=O)NCc1ccc(-c2ccc3nc([C@@H]4CCCN4C(=O)[C@@H](NC(=O)OC)C(C)C)[nH]c3c2)cn1)C(C)C. The Morgan fingerprint density at radius 2 is 1.45 bits per heavy atom. The van der Waals surface area contributed by atoms with E-state index in [1.54, 1.807) is 11.1 Å². The quantitative estimate of drug-likeness (QED) is 0.231. The molecule has 274 valence electrons. The number of hydrogen-bond donors (Lipinski definition) is 4. The smallest absolute Gasteiger partial charge is 0.407 e. The lowest BCUT2D eigenvalue weighted by atomic mass is 10.0. The number of H-pyrrole nitrogens is 1. The summed E-state index contributed by atoms with van der Waals surface area (Å²) in [6.45, 7) is 8.62. The molecule has 0 saturated carbocycles. The number of fused-ring (bicyclic) bond motifs is 1. The zero-order valence-corrected chi connectivity index (χ0v) is 30.0. The van der Waals surface area contributed by atoms with Crippen LogP contribution >= 0.6 is 0 Å². The summed E-state index contributed by atoms with van der Waals surface area (Å²) in [5.41, 5.74) is 4.05. The van der Waals surface area contributed by atoms with E-state index in [1.165, 1.54) is 19.1 Å². The molecular formula is C36H48N8O7. The topological polar surface area (TPSA) is 188 Å². The van der Waals surface area contributed by atoms with Crippen LogP contribution in [0.5, 0.6) is 0 Å². The number of rotatable bonds is 11. The van der Waals surface area contributed by atoms with Gasteiger partial charge in [-0.2, -0.15) is 0 Å². The number of ether oxygens (including phenoxy) is 2. The number of carbonyl (C=O) groups is 5. The average molecular weight is 705 g/mol. The fraction of sp³-hybridized carbons (Fsp3) is 0.528. The van der Waals surface area contributed by atoms with Crippen LogP contribution in [-0.4, -0.2) is 100 Å². The Morgan fingerprint density at radius 1 is 0.843 bits per heavy atom. The Morgan fingerprint density at radius 3 is 2.06 bits per heavy atom. The molecule has 2 aliphatic heterocycles. The molecule has 2 aromatic heterocycles. The van der Waals surface area contributed by atoms with Crippen molar-refractivity contribution in [3.8, 4) is 11.1 Å². The van der Waals surface area contributed by atoms with E-state index in [4.69, 9.17) is 9.72 Å². The second kappa shape index (κ2) is 16.2. The summed E-state index contributed by atoms with van der Waals surface area (Å²) in [7, 11) is 2.52. The van der Waals surface area contributed by atoms with Crippen LogP contribution < -0.4 is 16.0 Å². The zero-order valence-electron chi connectivity index (χ0n) is 30.0. The van der Waals surface area contributed by atoms with Gasteiger partial charge in [-0.3, -0.25) is 19.4 Å². The van der Waals surface area contributed by atoms with E-state index in [2.05, 4.69) is 30.7 Å². The number of nitrogens with zero attached hydrogens (tertiary/aromatic N) is 4. The first kappa shape index (κ1) is 37.1. The summed E-state index contributed by atoms with van der Waals surface area (Å²) in [6.07, 6.45) is 3.21. The van der Waals surface area contributed by atoms with E-state index in [0.29, 0.717) is 37.4 Å². The maximum Gasteiger partial charge on any atom is 0.407 e. The highest BCUT2D eigenvalue weighted by molar-refractivity contribution is 5.92. The Labute approximate surface area is 297 Å². The van der Waals surface area contributed by atoms with Crippen LogP contribution in [0.2, 0.25) is 0 Å². The van der Waals surface area contributed by atoms with Gasteiger partial charge >= 0.3 is 12.2 Å². The number of aromatic nitrogens is 3. The average Bonchev–Trinajstić information content (AvgIpc) is 3.90. The minimum absolute atomic E-state index is 0.124. The predicted molar refractivity (Wildman–Crippen MR) is 188 cm³/mol. The van der Waals surface area contributed by atoms with Crippen LogP contribution in [-0.2, 0) is 30.4 Å². The molecule has 2 fully saturated rings. The third kappa shape index (κ3) is 8.40. The van der Waals surface area contributed by atoms with Crippen molar-refractivity contribution in [3.05, 3.63) is 48.0 Å². The molecule has 5 amide bonds. The number of amides is 5. The Hall–Kier alpha value is -5.21. The van der Waals surface area contributed by atoms with Crippen molar-refractivity contribution in [1.29, 1.82) is 0 Å². The summed E-state index contributed by atoms with van der Waals surface area (Å²) in [6, 6.07) is 7.28. The Bertz CT molecular complexity index is 1740. The molecule has 15 nitrogen and oxygen atoms in total. The number of aromatic amines is 1. The van der Waals surface area contributed by atoms with E-state index in [1.807, 2.05) is 58.0 Å². The van der Waals surface area contributed by atoms with Gasteiger partial charge in [0.1, 0.15) is 23.9 Å². The number of pyridine rings is 1. The van der Waals surface area contributed by atoms with Gasteiger partial charge in [0, 0.05) is 24.8 Å². The number of imidazole rings is 1. The van der Waals surface area contributed by atoms with Crippen molar-refractivity contribution in [2.75, 3.05) is 27.3 Å². The first-order valence-corrected chi connectivity index (χ1v) is 17.4. The second-order valence-corrected chi connectivity index (χ2v) is 13.7. The zero-order chi connectivity index (χ0) is 36.8. The van der Waals surface area contributed by atoms with Crippen molar-refractivity contribution in [1.82, 2.24) is 40.7 Å². The molecule has 2 aliphatic rings. The normalized spacial score (nSPS) is 18.5. The highest BCUT2D eigenvalue weighted by Gasteiger charge is 2.39. The minimum atomic E-state index is -0.798. The first-order chi connectivity index (χ1) is 24.4. The fourth-order valence-corrected chi connectivity index (χ4v) is 6.74. The van der Waals surface area contributed by atoms with E-state index in [9.17, 15) is 24.0 Å². The van der Waals surface area contributed by atoms with Gasteiger partial charge in [-0.05, 0) is 61.3 Å². The van der Waals surface area contributed by atoms with Crippen LogP contribution in [0.4, 0.5) is 9.59 Å². The fourth-order valence-electron chi connectivity index (χ4n) is 6.74. The lowest BCUT2D eigenvalue weighted by Crippen LogP contribution is -2.55. The monoisotopic (exact) mass is 704 g/mol. The van der Waals surface area contributed by atoms with E-state index < -0.39 is 30.3 Å². The molecule has 4 heterocycles. The van der Waals surface area contributed by atoms with Crippen molar-refractivity contribution in [2.24, 2.45) is 11.8 Å². The van der Waals surface area contributed by atoms with Crippen LogP contribution in [0.15, 0.2) is 36.5 Å². The molecular weight excluding hydrogens is 656 g/mol. The number of alkyl carbamates (subject to hydrolysis) is 2. The summed E-state index contributed by atoms with van der Waals surface area (Å²) in [5, 5.41) is 8.19. The number of likely N-dealkylation sites (tertiary alicyclic amines) is 2. The van der Waals surface area contributed by atoms with Crippen molar-refractivity contribution in [3.63, 3.8) is 0 Å². The third-order valence-corrected chi connectivity index (χ3v) is 9.57. The van der Waals surface area contributed by atoms with Gasteiger partial charge in [0.15, 0.2) is 0 Å². The molecule has 51 heavy (non-hydrogen) atoms. The standard InChI is InChI=1S/C36H48N8O7/c1-20(2)29(41-35(48)50-5)33(46)43-15-7-9-27(43)31-39-25-14-12-22(17-26(25)40-31)23-11-13-24(37-18-23)19-38-32(45)28-10-8-16-44(28)34(47)30(21(3)4)42-36(49)51-6/h11-14,17-18,20-21,27-30H,7-10,15-16,19H2,1-6H3,(H,38,45)(H,39,40)(H,41,48)(H,42,49)/t27-,28-,29-,30-/m0/s1. The van der Waals surface area contributed by atoms with E-state index in [-0.39, 0.29) is 42.1 Å². The highest BCUT2D eigenvalue weighted by Crippen LogP contribution is 2.33. The second-order valence-electron chi connectivity index (χ2n) is 13.7. The number of hydrogen-bond acceptors (Lipinski definition) is 9. The molecule has 15 heteroatoms. The molecule has 0 spiro atoms.